The molecule has 32 heavy (non-hydrogen) atoms. The number of pyridine rings is 1. The number of nitrogens with zero attached hydrogens (tertiary/aromatic N) is 5. The van der Waals surface area contributed by atoms with E-state index in [0.29, 0.717) is 23.1 Å². The van der Waals surface area contributed by atoms with E-state index in [2.05, 4.69) is 36.2 Å². The van der Waals surface area contributed by atoms with E-state index in [0.717, 1.165) is 25.7 Å². The number of nitrogens with two attached hydrogens (primary N) is 1. The molecule has 12 heteroatoms. The summed E-state index contributed by atoms with van der Waals surface area (Å²) in [4.78, 5) is 27.5. The Hall–Kier alpha value is -4.22. The summed E-state index contributed by atoms with van der Waals surface area (Å²) in [6, 6.07) is 8.33. The highest BCUT2D eigenvalue weighted by atomic mass is 16.4. The molecule has 4 rings (SSSR count). The summed E-state index contributed by atoms with van der Waals surface area (Å²) in [5.41, 5.74) is 5.77. The highest BCUT2D eigenvalue weighted by Gasteiger charge is 2.27. The molecule has 1 aliphatic rings. The van der Waals surface area contributed by atoms with Gasteiger partial charge in [0, 0.05) is 24.5 Å². The van der Waals surface area contributed by atoms with Gasteiger partial charge in [0.1, 0.15) is 5.82 Å². The normalized spacial score (nSPS) is 18.0. The van der Waals surface area contributed by atoms with Gasteiger partial charge in [-0.15, -0.1) is 10.2 Å². The third-order valence-electron chi connectivity index (χ3n) is 5.17. The lowest BCUT2D eigenvalue weighted by Crippen LogP contribution is -2.48. The van der Waals surface area contributed by atoms with Gasteiger partial charge in [0.05, 0.1) is 11.7 Å². The molecule has 3 aromatic heterocycles. The Kier molecular flexibility index (Phi) is 6.10. The van der Waals surface area contributed by atoms with Crippen LogP contribution in [0.25, 0.3) is 5.82 Å². The molecule has 0 aliphatic heterocycles. The third-order valence-corrected chi connectivity index (χ3v) is 5.17. The molecular weight excluding hydrogens is 414 g/mol. The van der Waals surface area contributed by atoms with Crippen molar-refractivity contribution in [3.8, 4) is 5.82 Å². The number of amides is 2. The monoisotopic (exact) mass is 437 g/mol. The van der Waals surface area contributed by atoms with Crippen molar-refractivity contribution < 1.29 is 14.7 Å². The second kappa shape index (κ2) is 9.29. The highest BCUT2D eigenvalue weighted by Crippen LogP contribution is 2.25. The van der Waals surface area contributed by atoms with E-state index >= 15 is 0 Å². The summed E-state index contributed by atoms with van der Waals surface area (Å²) in [6.45, 7) is 0. The maximum Gasteiger partial charge on any atom is 0.404 e. The number of aromatic nitrogens is 5. The van der Waals surface area contributed by atoms with Gasteiger partial charge in [-0.1, -0.05) is 18.9 Å². The van der Waals surface area contributed by atoms with Gasteiger partial charge in [0.15, 0.2) is 17.3 Å². The van der Waals surface area contributed by atoms with Gasteiger partial charge < -0.3 is 26.8 Å². The Labute approximate surface area is 183 Å². The van der Waals surface area contributed by atoms with Crippen molar-refractivity contribution in [1.29, 1.82) is 0 Å². The van der Waals surface area contributed by atoms with E-state index in [1.165, 1.54) is 0 Å². The number of hydrogen-bond donors (Lipinski definition) is 5. The van der Waals surface area contributed by atoms with E-state index < -0.39 is 12.0 Å². The standard InChI is InChI=1S/C20H23N9O3/c21-19(30)18-14(24-15-7-3-8-17(26-15)29-10-4-9-22-29)11-16(27-28-18)23-12-5-1-2-6-13(12)25-20(31)32/h3-4,7-13,25H,1-2,5-6H2,(H2,21,30)(H,31,32)(H2,23,24,26,27). The lowest BCUT2D eigenvalue weighted by molar-refractivity contribution is 0.0995. The summed E-state index contributed by atoms with van der Waals surface area (Å²) in [5.74, 6) is 0.705. The van der Waals surface area contributed by atoms with Gasteiger partial charge >= 0.3 is 6.09 Å². The quantitative estimate of drug-likeness (QED) is 0.370. The van der Waals surface area contributed by atoms with Crippen LogP contribution in [0.4, 0.5) is 22.1 Å². The van der Waals surface area contributed by atoms with E-state index in [1.54, 1.807) is 47.4 Å². The van der Waals surface area contributed by atoms with Crippen molar-refractivity contribution in [3.05, 3.63) is 48.4 Å². The maximum atomic E-state index is 11.9. The topological polar surface area (TPSA) is 173 Å². The zero-order chi connectivity index (χ0) is 22.5. The molecule has 1 aliphatic carbocycles. The number of carbonyl (C=O) groups excluding carboxylic acids is 1. The Bertz CT molecular complexity index is 1100. The molecule has 0 aromatic carbocycles. The fourth-order valence-corrected chi connectivity index (χ4v) is 3.73. The first-order valence-corrected chi connectivity index (χ1v) is 10.2. The molecule has 2 unspecified atom stereocenters. The van der Waals surface area contributed by atoms with E-state index in [4.69, 9.17) is 10.8 Å². The molecule has 1 fully saturated rings. The molecule has 12 nitrogen and oxygen atoms in total. The Morgan fingerprint density at radius 3 is 2.62 bits per heavy atom. The number of carboxylic acid groups (broad SMARTS) is 1. The number of nitrogens with one attached hydrogen (secondary N) is 3. The summed E-state index contributed by atoms with van der Waals surface area (Å²) >= 11 is 0. The minimum atomic E-state index is -1.07. The van der Waals surface area contributed by atoms with Crippen LogP contribution in [0.1, 0.15) is 36.2 Å². The smallest absolute Gasteiger partial charge is 0.404 e. The number of anilines is 3. The van der Waals surface area contributed by atoms with Crippen molar-refractivity contribution in [2.45, 2.75) is 37.8 Å². The van der Waals surface area contributed by atoms with Crippen LogP contribution < -0.4 is 21.7 Å². The average molecular weight is 437 g/mol. The predicted molar refractivity (Wildman–Crippen MR) is 116 cm³/mol. The molecule has 0 spiro atoms. The van der Waals surface area contributed by atoms with Gasteiger partial charge in [0.25, 0.3) is 5.91 Å². The second-order valence-electron chi connectivity index (χ2n) is 7.40. The van der Waals surface area contributed by atoms with Gasteiger partial charge in [-0.05, 0) is 31.0 Å². The van der Waals surface area contributed by atoms with Crippen LogP contribution in [0.15, 0.2) is 42.7 Å². The molecule has 2 atom stereocenters. The molecule has 166 valence electrons. The minimum Gasteiger partial charge on any atom is -0.465 e. The zero-order valence-electron chi connectivity index (χ0n) is 17.1. The summed E-state index contributed by atoms with van der Waals surface area (Å²) in [7, 11) is 0. The Balaban J connectivity index is 1.58. The number of hydrogen-bond acceptors (Lipinski definition) is 8. The molecule has 0 saturated heterocycles. The minimum absolute atomic E-state index is 0.0364. The largest absolute Gasteiger partial charge is 0.465 e. The van der Waals surface area contributed by atoms with Gasteiger partial charge in [-0.2, -0.15) is 5.10 Å². The lowest BCUT2D eigenvalue weighted by atomic mass is 9.90. The van der Waals surface area contributed by atoms with Crippen molar-refractivity contribution in [3.63, 3.8) is 0 Å². The molecule has 2 amide bonds. The first kappa shape index (κ1) is 21.0. The van der Waals surface area contributed by atoms with E-state index in [9.17, 15) is 9.59 Å². The van der Waals surface area contributed by atoms with Gasteiger partial charge in [0.2, 0.25) is 0 Å². The van der Waals surface area contributed by atoms with E-state index in [-0.39, 0.29) is 17.8 Å². The third kappa shape index (κ3) is 4.91. The maximum absolute atomic E-state index is 11.9. The Morgan fingerprint density at radius 1 is 1.09 bits per heavy atom. The Morgan fingerprint density at radius 2 is 1.91 bits per heavy atom. The van der Waals surface area contributed by atoms with Crippen LogP contribution in [0.2, 0.25) is 0 Å². The van der Waals surface area contributed by atoms with Crippen LogP contribution in [-0.4, -0.2) is 54.2 Å². The van der Waals surface area contributed by atoms with Gasteiger partial charge in [-0.3, -0.25) is 4.79 Å². The molecule has 3 aromatic rings. The summed E-state index contributed by atoms with van der Waals surface area (Å²) in [6.07, 6.45) is 5.77. The summed E-state index contributed by atoms with van der Waals surface area (Å²) in [5, 5.41) is 30.1. The molecule has 0 bridgehead atoms. The fraction of sp³-hybridized carbons (Fsp3) is 0.300. The van der Waals surface area contributed by atoms with Crippen molar-refractivity contribution >= 4 is 29.3 Å². The molecule has 0 radical (unpaired) electrons. The van der Waals surface area contributed by atoms with Crippen LogP contribution in [0, 0.1) is 0 Å². The SMILES string of the molecule is NC(=O)c1nnc(NC2CCCCC2NC(=O)O)cc1Nc1cccc(-n2cccn2)n1. The first-order chi connectivity index (χ1) is 15.5. The zero-order valence-corrected chi connectivity index (χ0v) is 17.1. The second-order valence-corrected chi connectivity index (χ2v) is 7.40. The van der Waals surface area contributed by atoms with Crippen molar-refractivity contribution in [2.75, 3.05) is 10.6 Å². The molecule has 3 heterocycles. The van der Waals surface area contributed by atoms with Crippen LogP contribution in [-0.2, 0) is 0 Å². The average Bonchev–Trinajstić information content (AvgIpc) is 3.30. The van der Waals surface area contributed by atoms with Crippen LogP contribution in [0.3, 0.4) is 0 Å². The summed E-state index contributed by atoms with van der Waals surface area (Å²) < 4.78 is 1.61. The number of carbonyl (C=O) groups is 2. The lowest BCUT2D eigenvalue weighted by Gasteiger charge is -2.32. The molecule has 6 N–H and O–H groups in total. The van der Waals surface area contributed by atoms with Crippen molar-refractivity contribution in [1.82, 2.24) is 30.3 Å². The highest BCUT2D eigenvalue weighted by molar-refractivity contribution is 5.97. The number of primary amides is 1. The molecular formula is C20H23N9O3. The van der Waals surface area contributed by atoms with E-state index in [1.807, 2.05) is 0 Å². The predicted octanol–water partition coefficient (Wildman–Crippen LogP) is 1.89. The first-order valence-electron chi connectivity index (χ1n) is 10.2. The molecule has 1 saturated carbocycles. The van der Waals surface area contributed by atoms with Gasteiger partial charge in [-0.25, -0.2) is 14.5 Å². The van der Waals surface area contributed by atoms with Crippen LogP contribution >= 0.6 is 0 Å². The number of rotatable bonds is 7. The fourth-order valence-electron chi connectivity index (χ4n) is 3.73. The van der Waals surface area contributed by atoms with Crippen LogP contribution in [0.5, 0.6) is 0 Å². The van der Waals surface area contributed by atoms with Crippen molar-refractivity contribution in [2.24, 2.45) is 5.73 Å².